The van der Waals surface area contributed by atoms with E-state index in [-0.39, 0.29) is 42.3 Å². The molecule has 0 radical (unpaired) electrons. The lowest BCUT2D eigenvalue weighted by Crippen LogP contribution is -2.32. The molecule has 0 aromatic heterocycles. The monoisotopic (exact) mass is 415 g/mol. The number of benzene rings is 1. The number of piperidine rings is 1. The molecule has 150 valence electrons. The summed E-state index contributed by atoms with van der Waals surface area (Å²) in [6.45, 7) is 2.87. The Bertz CT molecular complexity index is 552. The number of hydrogen-bond donors (Lipinski definition) is 3. The Morgan fingerprint density at radius 3 is 2.35 bits per heavy atom. The van der Waals surface area contributed by atoms with E-state index in [2.05, 4.69) is 22.9 Å². The average Bonchev–Trinajstić information content (AvgIpc) is 2.54. The van der Waals surface area contributed by atoms with Gasteiger partial charge in [0, 0.05) is 6.42 Å². The first-order valence-electron chi connectivity index (χ1n) is 8.25. The van der Waals surface area contributed by atoms with Crippen LogP contribution >= 0.6 is 24.8 Å². The lowest BCUT2D eigenvalue weighted by molar-refractivity contribution is -0.117. The molecule has 26 heavy (non-hydrogen) atoms. The van der Waals surface area contributed by atoms with E-state index in [9.17, 15) is 18.0 Å². The van der Waals surface area contributed by atoms with E-state index in [1.165, 1.54) is 6.07 Å². The molecule has 1 aliphatic rings. The topological polar surface area (TPSA) is 53.2 Å². The molecule has 1 saturated heterocycles. The second kappa shape index (κ2) is 11.5. The van der Waals surface area contributed by atoms with Crippen LogP contribution in [0.1, 0.15) is 26.2 Å². The molecular formula is C17H26Cl2F3N3O. The Balaban J connectivity index is 0.00000312. The Morgan fingerprint density at radius 2 is 1.77 bits per heavy atom. The largest absolute Gasteiger partial charge is 0.405 e. The van der Waals surface area contributed by atoms with Gasteiger partial charge in [-0.25, -0.2) is 0 Å². The van der Waals surface area contributed by atoms with Crippen molar-refractivity contribution in [3.05, 3.63) is 24.3 Å². The normalized spacial score (nSPS) is 16.0. The summed E-state index contributed by atoms with van der Waals surface area (Å²) in [5.41, 5.74) is 0.655. The second-order valence-corrected chi connectivity index (χ2v) is 6.33. The number of anilines is 2. The first-order valence-corrected chi connectivity index (χ1v) is 8.25. The minimum Gasteiger partial charge on any atom is -0.375 e. The number of halogens is 5. The summed E-state index contributed by atoms with van der Waals surface area (Å²) in [5, 5.41) is 8.36. The average molecular weight is 416 g/mol. The van der Waals surface area contributed by atoms with Crippen LogP contribution in [0.25, 0.3) is 0 Å². The van der Waals surface area contributed by atoms with Crippen LogP contribution in [-0.2, 0) is 4.79 Å². The van der Waals surface area contributed by atoms with E-state index >= 15 is 0 Å². The Labute approximate surface area is 164 Å². The molecule has 1 aromatic rings. The number of para-hydroxylation sites is 2. The minimum atomic E-state index is -4.30. The summed E-state index contributed by atoms with van der Waals surface area (Å²) in [4.78, 5) is 12.2. The minimum absolute atomic E-state index is 0. The van der Waals surface area contributed by atoms with Crippen LogP contribution in [0.2, 0.25) is 0 Å². The van der Waals surface area contributed by atoms with Crippen molar-refractivity contribution in [2.45, 2.75) is 32.4 Å². The Morgan fingerprint density at radius 1 is 1.19 bits per heavy atom. The number of amides is 1. The molecule has 1 fully saturated rings. The maximum atomic E-state index is 12.4. The molecular weight excluding hydrogens is 390 g/mol. The molecule has 1 aromatic carbocycles. The lowest BCUT2D eigenvalue weighted by Gasteiger charge is -2.28. The highest BCUT2D eigenvalue weighted by Crippen LogP contribution is 2.27. The van der Waals surface area contributed by atoms with Gasteiger partial charge in [-0.15, -0.1) is 24.8 Å². The molecule has 0 aliphatic carbocycles. The smallest absolute Gasteiger partial charge is 0.375 e. The van der Waals surface area contributed by atoms with Gasteiger partial charge in [-0.1, -0.05) is 19.1 Å². The fourth-order valence-electron chi connectivity index (χ4n) is 3.02. The maximum Gasteiger partial charge on any atom is 0.405 e. The SMILES string of the molecule is CC(CC(=O)Nc1ccccc1NCC(F)(F)F)C1CCNCC1.Cl.Cl. The van der Waals surface area contributed by atoms with Gasteiger partial charge in [0.25, 0.3) is 0 Å². The molecule has 1 unspecified atom stereocenters. The number of hydrogen-bond acceptors (Lipinski definition) is 3. The summed E-state index contributed by atoms with van der Waals surface area (Å²) in [6.07, 6.45) is -1.82. The van der Waals surface area contributed by atoms with Gasteiger partial charge < -0.3 is 16.0 Å². The third kappa shape index (κ3) is 8.47. The zero-order valence-electron chi connectivity index (χ0n) is 14.6. The molecule has 0 saturated carbocycles. The van der Waals surface area contributed by atoms with E-state index in [1.54, 1.807) is 18.2 Å². The van der Waals surface area contributed by atoms with Crippen molar-refractivity contribution >= 4 is 42.1 Å². The maximum absolute atomic E-state index is 12.4. The van der Waals surface area contributed by atoms with Gasteiger partial charge in [-0.05, 0) is 49.9 Å². The predicted molar refractivity (Wildman–Crippen MR) is 103 cm³/mol. The highest BCUT2D eigenvalue weighted by Gasteiger charge is 2.27. The first-order chi connectivity index (χ1) is 11.3. The van der Waals surface area contributed by atoms with E-state index in [0.29, 0.717) is 18.0 Å². The molecule has 1 atom stereocenters. The summed E-state index contributed by atoms with van der Waals surface area (Å²) in [7, 11) is 0. The van der Waals surface area contributed by atoms with E-state index in [4.69, 9.17) is 0 Å². The summed E-state index contributed by atoms with van der Waals surface area (Å²) in [5.74, 6) is 0.597. The third-order valence-electron chi connectivity index (χ3n) is 4.38. The zero-order chi connectivity index (χ0) is 17.6. The van der Waals surface area contributed by atoms with Gasteiger partial charge in [0.15, 0.2) is 0 Å². The number of alkyl halides is 3. The van der Waals surface area contributed by atoms with Crippen LogP contribution < -0.4 is 16.0 Å². The first kappa shape index (κ1) is 24.8. The zero-order valence-corrected chi connectivity index (χ0v) is 16.2. The van der Waals surface area contributed by atoms with Crippen LogP contribution in [0.5, 0.6) is 0 Å². The lowest BCUT2D eigenvalue weighted by atomic mass is 9.84. The van der Waals surface area contributed by atoms with Gasteiger partial charge in [0.1, 0.15) is 6.54 Å². The quantitative estimate of drug-likeness (QED) is 0.642. The van der Waals surface area contributed by atoms with Gasteiger partial charge in [-0.2, -0.15) is 13.2 Å². The van der Waals surface area contributed by atoms with Crippen LogP contribution in [0.15, 0.2) is 24.3 Å². The Kier molecular flexibility index (Phi) is 11.0. The molecule has 0 spiro atoms. The molecule has 9 heteroatoms. The van der Waals surface area contributed by atoms with Crippen molar-refractivity contribution in [2.75, 3.05) is 30.3 Å². The van der Waals surface area contributed by atoms with Crippen LogP contribution in [0.4, 0.5) is 24.5 Å². The van der Waals surface area contributed by atoms with Crippen LogP contribution in [-0.4, -0.2) is 31.7 Å². The van der Waals surface area contributed by atoms with Gasteiger partial charge in [0.05, 0.1) is 11.4 Å². The second-order valence-electron chi connectivity index (χ2n) is 6.33. The number of nitrogens with one attached hydrogen (secondary N) is 3. The Hall–Kier alpha value is -1.18. The van der Waals surface area contributed by atoms with E-state index in [0.717, 1.165) is 25.9 Å². The fraction of sp³-hybridized carbons (Fsp3) is 0.588. The fourth-order valence-corrected chi connectivity index (χ4v) is 3.02. The summed E-state index contributed by atoms with van der Waals surface area (Å²) < 4.78 is 37.1. The molecule has 1 heterocycles. The highest BCUT2D eigenvalue weighted by molar-refractivity contribution is 5.94. The van der Waals surface area contributed by atoms with E-state index < -0.39 is 12.7 Å². The molecule has 4 nitrogen and oxygen atoms in total. The van der Waals surface area contributed by atoms with Crippen molar-refractivity contribution in [2.24, 2.45) is 11.8 Å². The highest BCUT2D eigenvalue weighted by atomic mass is 35.5. The molecule has 3 N–H and O–H groups in total. The number of carbonyl (C=O) groups is 1. The van der Waals surface area contributed by atoms with Gasteiger partial charge in [-0.3, -0.25) is 4.79 Å². The van der Waals surface area contributed by atoms with Crippen molar-refractivity contribution in [1.29, 1.82) is 0 Å². The van der Waals surface area contributed by atoms with Crippen molar-refractivity contribution in [3.8, 4) is 0 Å². The number of rotatable bonds is 6. The standard InChI is InChI=1S/C17H24F3N3O.2ClH/c1-12(13-6-8-21-9-7-13)10-16(24)23-15-5-3-2-4-14(15)22-11-17(18,19)20;;/h2-5,12-13,21-22H,6-11H2,1H3,(H,23,24);2*1H. The molecule has 1 aliphatic heterocycles. The summed E-state index contributed by atoms with van der Waals surface area (Å²) >= 11 is 0. The predicted octanol–water partition coefficient (Wildman–Crippen LogP) is 4.47. The number of carbonyl (C=O) groups excluding carboxylic acids is 1. The van der Waals surface area contributed by atoms with Crippen molar-refractivity contribution < 1.29 is 18.0 Å². The third-order valence-corrected chi connectivity index (χ3v) is 4.38. The van der Waals surface area contributed by atoms with E-state index in [1.807, 2.05) is 0 Å². The van der Waals surface area contributed by atoms with Crippen LogP contribution in [0, 0.1) is 11.8 Å². The van der Waals surface area contributed by atoms with Crippen molar-refractivity contribution in [3.63, 3.8) is 0 Å². The van der Waals surface area contributed by atoms with Gasteiger partial charge >= 0.3 is 6.18 Å². The molecule has 2 rings (SSSR count). The van der Waals surface area contributed by atoms with Gasteiger partial charge in [0.2, 0.25) is 5.91 Å². The van der Waals surface area contributed by atoms with Crippen molar-refractivity contribution in [1.82, 2.24) is 5.32 Å². The van der Waals surface area contributed by atoms with Crippen LogP contribution in [0.3, 0.4) is 0 Å². The summed E-state index contributed by atoms with van der Waals surface area (Å²) in [6, 6.07) is 6.44. The molecule has 0 bridgehead atoms. The molecule has 1 amide bonds.